The minimum absolute atomic E-state index is 0.0172. The van der Waals surface area contributed by atoms with Crippen molar-refractivity contribution in [1.29, 1.82) is 0 Å². The van der Waals surface area contributed by atoms with Crippen molar-refractivity contribution in [3.63, 3.8) is 0 Å². The maximum absolute atomic E-state index is 6.13. The predicted molar refractivity (Wildman–Crippen MR) is 106 cm³/mol. The number of benzene rings is 2. The molecule has 0 N–H and O–H groups in total. The topological polar surface area (TPSA) is 28.0 Å². The number of anilines is 1. The van der Waals surface area contributed by atoms with Crippen LogP contribution in [-0.4, -0.2) is 18.1 Å². The van der Waals surface area contributed by atoms with Crippen molar-refractivity contribution in [2.75, 3.05) is 11.4 Å². The lowest BCUT2D eigenvalue weighted by Gasteiger charge is -2.34. The molecule has 1 spiro atoms. The van der Waals surface area contributed by atoms with Gasteiger partial charge in [0.1, 0.15) is 11.6 Å². The van der Waals surface area contributed by atoms with Gasteiger partial charge < -0.3 is 4.90 Å². The van der Waals surface area contributed by atoms with Crippen LogP contribution < -0.4 is 4.90 Å². The molecule has 0 amide bonds. The van der Waals surface area contributed by atoms with Crippen LogP contribution in [0.4, 0.5) is 5.69 Å². The molecule has 2 aromatic rings. The molecule has 1 saturated heterocycles. The van der Waals surface area contributed by atoms with E-state index in [1.54, 1.807) is 0 Å². The fraction of sp³-hybridized carbons (Fsp3) is 0.455. The van der Waals surface area contributed by atoms with Gasteiger partial charge in [-0.05, 0) is 42.7 Å². The molecular formula is C22H24ClN3. The van der Waals surface area contributed by atoms with Crippen molar-refractivity contribution >= 4 is 17.3 Å². The van der Waals surface area contributed by atoms with E-state index in [1.807, 2.05) is 12.1 Å². The number of nitrogens with zero attached hydrogens (tertiary/aromatic N) is 3. The normalized spacial score (nSPS) is 33.0. The maximum atomic E-state index is 6.13. The van der Waals surface area contributed by atoms with Crippen molar-refractivity contribution < 1.29 is 0 Å². The second kappa shape index (κ2) is 6.38. The number of hydrogen-bond acceptors (Lipinski definition) is 3. The van der Waals surface area contributed by atoms with Crippen LogP contribution >= 0.6 is 11.6 Å². The first-order chi connectivity index (χ1) is 12.8. The van der Waals surface area contributed by atoms with Gasteiger partial charge in [-0.2, -0.15) is 10.2 Å². The molecule has 0 unspecified atom stereocenters. The highest BCUT2D eigenvalue weighted by atomic mass is 35.5. The quantitative estimate of drug-likeness (QED) is 0.636. The molecule has 1 saturated carbocycles. The largest absolute Gasteiger partial charge is 0.366 e. The smallest absolute Gasteiger partial charge is 0.109 e. The Morgan fingerprint density at radius 1 is 0.962 bits per heavy atom. The predicted octanol–water partition coefficient (Wildman–Crippen LogP) is 6.05. The van der Waals surface area contributed by atoms with Crippen molar-refractivity contribution in [1.82, 2.24) is 0 Å². The first kappa shape index (κ1) is 16.3. The highest BCUT2D eigenvalue weighted by Crippen LogP contribution is 2.55. The summed E-state index contributed by atoms with van der Waals surface area (Å²) in [6.07, 6.45) is 6.24. The Bertz CT molecular complexity index is 804. The van der Waals surface area contributed by atoms with E-state index >= 15 is 0 Å². The fourth-order valence-electron chi connectivity index (χ4n) is 5.38. The third-order valence-corrected chi connectivity index (χ3v) is 6.84. The second-order valence-electron chi connectivity index (χ2n) is 7.91. The zero-order chi connectivity index (χ0) is 17.6. The summed E-state index contributed by atoms with van der Waals surface area (Å²) in [6, 6.07) is 19.7. The molecule has 134 valence electrons. The number of hydrogen-bond donors (Lipinski definition) is 0. The van der Waals surface area contributed by atoms with Crippen LogP contribution in [0.2, 0.25) is 5.02 Å². The molecule has 5 rings (SSSR count). The van der Waals surface area contributed by atoms with Gasteiger partial charge in [-0.1, -0.05) is 61.2 Å². The van der Waals surface area contributed by atoms with Crippen molar-refractivity contribution in [3.05, 3.63) is 65.2 Å². The van der Waals surface area contributed by atoms with Crippen molar-refractivity contribution in [2.45, 2.75) is 49.7 Å². The molecule has 2 fully saturated rings. The van der Waals surface area contributed by atoms with Crippen LogP contribution in [0.3, 0.4) is 0 Å². The van der Waals surface area contributed by atoms with E-state index in [4.69, 9.17) is 21.8 Å². The molecule has 2 aliphatic heterocycles. The summed E-state index contributed by atoms with van der Waals surface area (Å²) in [5, 5.41) is 10.6. The lowest BCUT2D eigenvalue weighted by atomic mass is 9.75. The summed E-state index contributed by atoms with van der Waals surface area (Å²) in [4.78, 5) is 2.60. The molecule has 26 heavy (non-hydrogen) atoms. The highest BCUT2D eigenvalue weighted by Gasteiger charge is 2.60. The van der Waals surface area contributed by atoms with E-state index in [0.717, 1.165) is 11.6 Å². The second-order valence-corrected chi connectivity index (χ2v) is 8.35. The Kier molecular flexibility index (Phi) is 4.00. The van der Waals surface area contributed by atoms with Crippen LogP contribution in [0.15, 0.2) is 64.8 Å². The molecule has 3 nitrogen and oxygen atoms in total. The average Bonchev–Trinajstić information content (AvgIpc) is 3.09. The maximum Gasteiger partial charge on any atom is 0.109 e. The summed E-state index contributed by atoms with van der Waals surface area (Å²) < 4.78 is 0. The van der Waals surface area contributed by atoms with Gasteiger partial charge in [-0.15, -0.1) is 0 Å². The van der Waals surface area contributed by atoms with Crippen LogP contribution in [0.5, 0.6) is 0 Å². The number of azo groups is 1. The third kappa shape index (κ3) is 2.48. The van der Waals surface area contributed by atoms with Gasteiger partial charge in [0.2, 0.25) is 0 Å². The molecule has 4 heteroatoms. The summed E-state index contributed by atoms with van der Waals surface area (Å²) in [5.74, 6) is 0.462. The van der Waals surface area contributed by atoms with Gasteiger partial charge in [0.05, 0.1) is 6.04 Å². The molecular weight excluding hydrogens is 342 g/mol. The number of halogens is 1. The molecule has 0 radical (unpaired) electrons. The van der Waals surface area contributed by atoms with E-state index in [9.17, 15) is 0 Å². The molecule has 3 aliphatic rings. The lowest BCUT2D eigenvalue weighted by molar-refractivity contribution is 0.292. The van der Waals surface area contributed by atoms with Gasteiger partial charge in [0.15, 0.2) is 0 Å². The van der Waals surface area contributed by atoms with E-state index < -0.39 is 0 Å². The van der Waals surface area contributed by atoms with E-state index in [2.05, 4.69) is 47.4 Å². The van der Waals surface area contributed by atoms with E-state index in [1.165, 1.54) is 43.4 Å². The van der Waals surface area contributed by atoms with E-state index in [-0.39, 0.29) is 11.6 Å². The van der Waals surface area contributed by atoms with Gasteiger partial charge in [-0.25, -0.2) is 0 Å². The van der Waals surface area contributed by atoms with Gasteiger partial charge >= 0.3 is 0 Å². The Balaban J connectivity index is 1.55. The Hall–Kier alpha value is -1.87. The Labute approximate surface area is 160 Å². The summed E-state index contributed by atoms with van der Waals surface area (Å²) in [5.41, 5.74) is 2.56. The van der Waals surface area contributed by atoms with Crippen LogP contribution in [0, 0.1) is 5.92 Å². The first-order valence-corrected chi connectivity index (χ1v) is 10.1. The molecule has 2 heterocycles. The molecule has 0 aromatic heterocycles. The van der Waals surface area contributed by atoms with Gasteiger partial charge in [0.25, 0.3) is 0 Å². The first-order valence-electron chi connectivity index (χ1n) is 9.77. The van der Waals surface area contributed by atoms with Gasteiger partial charge in [0, 0.05) is 23.2 Å². The Morgan fingerprint density at radius 2 is 1.77 bits per heavy atom. The molecule has 1 aliphatic carbocycles. The summed E-state index contributed by atoms with van der Waals surface area (Å²) in [7, 11) is 0. The monoisotopic (exact) mass is 365 g/mol. The molecule has 4 atom stereocenters. The van der Waals surface area contributed by atoms with Crippen LogP contribution in [0.1, 0.15) is 43.7 Å². The standard InChI is InChI=1S/C22H24ClN3/c23-17-10-12-18(13-11-17)26-15-19-21(16-7-3-1-4-8-16)24-25-22(19)14-6-2-5-9-20(22)26/h1,3-4,7-8,10-13,19-21H,2,5-6,9,14-15H2/t19-,20-,21+,22+/m0/s1. The highest BCUT2D eigenvalue weighted by molar-refractivity contribution is 6.30. The zero-order valence-corrected chi connectivity index (χ0v) is 15.6. The van der Waals surface area contributed by atoms with Crippen LogP contribution in [-0.2, 0) is 0 Å². The third-order valence-electron chi connectivity index (χ3n) is 6.59. The lowest BCUT2D eigenvalue weighted by Crippen LogP contribution is -2.44. The van der Waals surface area contributed by atoms with E-state index in [0.29, 0.717) is 12.0 Å². The zero-order valence-electron chi connectivity index (χ0n) is 14.9. The van der Waals surface area contributed by atoms with Gasteiger partial charge in [-0.3, -0.25) is 0 Å². The summed E-state index contributed by atoms with van der Waals surface area (Å²) in [6.45, 7) is 1.03. The molecule has 0 bridgehead atoms. The summed E-state index contributed by atoms with van der Waals surface area (Å²) >= 11 is 6.13. The fourth-order valence-corrected chi connectivity index (χ4v) is 5.50. The average molecular weight is 366 g/mol. The minimum atomic E-state index is -0.0172. The minimum Gasteiger partial charge on any atom is -0.366 e. The number of rotatable bonds is 2. The van der Waals surface area contributed by atoms with Crippen LogP contribution in [0.25, 0.3) is 0 Å². The Morgan fingerprint density at radius 3 is 2.58 bits per heavy atom. The SMILES string of the molecule is Clc1ccc(N2C[C@H]3[C@@H](c4ccccc4)N=N[C@]34CCCCC[C@H]24)cc1. The van der Waals surface area contributed by atoms with Crippen molar-refractivity contribution in [2.24, 2.45) is 16.1 Å². The molecule has 2 aromatic carbocycles. The van der Waals surface area contributed by atoms with Crippen molar-refractivity contribution in [3.8, 4) is 0 Å².